The van der Waals surface area contributed by atoms with Crippen molar-refractivity contribution in [2.24, 2.45) is 11.8 Å². The number of carbonyl (C=O) groups is 3. The number of unbranched alkanes of at least 4 members (excludes halogenated alkanes) is 2. The average Bonchev–Trinajstić information content (AvgIpc) is 3.09. The summed E-state index contributed by atoms with van der Waals surface area (Å²) in [5.74, 6) is -1.42. The van der Waals surface area contributed by atoms with Crippen LogP contribution in [0, 0.1) is 11.8 Å². The quantitative estimate of drug-likeness (QED) is 0.418. The summed E-state index contributed by atoms with van der Waals surface area (Å²) in [4.78, 5) is 47.3. The number of fused-ring (bicyclic) bond motifs is 2. The molecule has 0 aliphatic carbocycles. The molecular formula is C26H39N3O4S. The fraction of sp³-hybridized carbons (Fsp3) is 0.731. The summed E-state index contributed by atoms with van der Waals surface area (Å²) in [6, 6.07) is -1.22. The normalized spacial score (nSPS) is 35.9. The van der Waals surface area contributed by atoms with Crippen molar-refractivity contribution < 1.29 is 19.5 Å². The predicted octanol–water partition coefficient (Wildman–Crippen LogP) is 2.45. The minimum atomic E-state index is -0.828. The maximum atomic E-state index is 14.1. The van der Waals surface area contributed by atoms with Crippen LogP contribution in [0.2, 0.25) is 0 Å². The van der Waals surface area contributed by atoms with Crippen molar-refractivity contribution in [3.63, 3.8) is 0 Å². The highest BCUT2D eigenvalue weighted by Gasteiger charge is 2.74. The number of nitrogens with zero attached hydrogens (tertiary/aromatic N) is 3. The Kier molecular flexibility index (Phi) is 7.21. The van der Waals surface area contributed by atoms with Gasteiger partial charge in [0.05, 0.1) is 29.2 Å². The molecule has 0 radical (unpaired) electrons. The molecule has 0 aromatic heterocycles. The van der Waals surface area contributed by atoms with Crippen LogP contribution in [0.1, 0.15) is 53.4 Å². The number of likely N-dealkylation sites (tertiary alicyclic amines) is 1. The Labute approximate surface area is 207 Å². The molecule has 2 saturated heterocycles. The fourth-order valence-corrected chi connectivity index (χ4v) is 8.49. The predicted molar refractivity (Wildman–Crippen MR) is 134 cm³/mol. The lowest BCUT2D eigenvalue weighted by molar-refractivity contribution is -0.147. The molecule has 4 aliphatic rings. The third-order valence-corrected chi connectivity index (χ3v) is 9.72. The van der Waals surface area contributed by atoms with E-state index < -0.39 is 33.4 Å². The van der Waals surface area contributed by atoms with Crippen LogP contribution in [-0.4, -0.2) is 91.9 Å². The first-order valence-electron chi connectivity index (χ1n) is 12.8. The highest BCUT2D eigenvalue weighted by Crippen LogP contribution is 2.65. The van der Waals surface area contributed by atoms with Crippen molar-refractivity contribution in [3.05, 3.63) is 24.3 Å². The van der Waals surface area contributed by atoms with Crippen LogP contribution in [-0.2, 0) is 14.4 Å². The molecule has 4 heterocycles. The Balaban J connectivity index is 1.81. The van der Waals surface area contributed by atoms with Crippen molar-refractivity contribution in [1.82, 2.24) is 14.7 Å². The minimum Gasteiger partial charge on any atom is -0.394 e. The Morgan fingerprint density at radius 3 is 2.29 bits per heavy atom. The Hall–Kier alpha value is -1.80. The molecule has 0 bridgehead atoms. The number of hydrogen-bond acceptors (Lipinski definition) is 5. The first-order valence-corrected chi connectivity index (χ1v) is 13.6. The number of carbonyl (C=O) groups excluding carboxylic acids is 3. The molecule has 6 atom stereocenters. The van der Waals surface area contributed by atoms with E-state index in [1.165, 1.54) is 0 Å². The lowest BCUT2D eigenvalue weighted by Gasteiger charge is -2.38. The molecule has 1 unspecified atom stereocenters. The van der Waals surface area contributed by atoms with Crippen LogP contribution >= 0.6 is 11.8 Å². The molecule has 4 aliphatic heterocycles. The van der Waals surface area contributed by atoms with Gasteiger partial charge in [0, 0.05) is 30.9 Å². The zero-order chi connectivity index (χ0) is 24.7. The Bertz CT molecular complexity index is 891. The third kappa shape index (κ3) is 3.81. The molecule has 3 amide bonds. The van der Waals surface area contributed by atoms with E-state index in [0.717, 1.165) is 25.7 Å². The summed E-state index contributed by atoms with van der Waals surface area (Å²) in [7, 11) is 0. The number of aliphatic hydroxyl groups is 1. The van der Waals surface area contributed by atoms with Gasteiger partial charge in [-0.1, -0.05) is 51.0 Å². The molecular weight excluding hydrogens is 450 g/mol. The van der Waals surface area contributed by atoms with E-state index in [2.05, 4.69) is 19.1 Å². The standard InChI is InChI=1S/C26H39N3O4S/c1-5-7-8-14-28-16-10-12-26-20(23(32)29(18(3)17-30)21(26)24(28)33)19-22(31)27(13-6-2)15-9-11-25(19,4)34-26/h9-12,18-21,30H,5-8,13-17H2,1-4H3/t18-,19-,20+,21?,25+,26+/m1/s1. The van der Waals surface area contributed by atoms with Crippen molar-refractivity contribution in [2.75, 3.05) is 32.8 Å². The summed E-state index contributed by atoms with van der Waals surface area (Å²) < 4.78 is -1.40. The van der Waals surface area contributed by atoms with Crippen molar-refractivity contribution in [2.45, 2.75) is 75.0 Å². The van der Waals surface area contributed by atoms with Gasteiger partial charge in [-0.05, 0) is 26.7 Å². The molecule has 1 N–H and O–H groups in total. The molecule has 7 nitrogen and oxygen atoms in total. The smallest absolute Gasteiger partial charge is 0.247 e. The van der Waals surface area contributed by atoms with Crippen molar-refractivity contribution >= 4 is 29.5 Å². The van der Waals surface area contributed by atoms with Crippen molar-refractivity contribution in [1.29, 1.82) is 0 Å². The summed E-state index contributed by atoms with van der Waals surface area (Å²) in [5, 5.41) is 10.0. The first-order chi connectivity index (χ1) is 16.3. The number of aliphatic hydroxyl groups excluding tert-OH is 1. The number of amides is 3. The average molecular weight is 490 g/mol. The molecule has 1 spiro atoms. The third-order valence-electron chi connectivity index (χ3n) is 7.93. The van der Waals surface area contributed by atoms with Gasteiger partial charge in [-0.2, -0.15) is 0 Å². The zero-order valence-electron chi connectivity index (χ0n) is 20.9. The van der Waals surface area contributed by atoms with E-state index in [4.69, 9.17) is 0 Å². The van der Waals surface area contributed by atoms with Crippen LogP contribution < -0.4 is 0 Å². The fourth-order valence-electron chi connectivity index (χ4n) is 6.35. The summed E-state index contributed by atoms with van der Waals surface area (Å²) in [6.07, 6.45) is 12.1. The van der Waals surface area contributed by atoms with Gasteiger partial charge < -0.3 is 19.8 Å². The van der Waals surface area contributed by atoms with Gasteiger partial charge in [0.15, 0.2) is 0 Å². The van der Waals surface area contributed by atoms with Crippen molar-refractivity contribution in [3.8, 4) is 0 Å². The maximum absolute atomic E-state index is 14.1. The molecule has 34 heavy (non-hydrogen) atoms. The SMILES string of the molecule is CCCCCN1CC=C[C@]23S[C@@]4(C)C=CCN(CCC)C(=O)[C@H]4[C@H]2C(=O)N([C@H](C)CO)C3C1=O. The molecule has 0 aromatic rings. The molecule has 0 saturated carbocycles. The number of rotatable bonds is 8. The molecule has 4 rings (SSSR count). The second-order valence-electron chi connectivity index (χ2n) is 10.4. The Morgan fingerprint density at radius 2 is 1.65 bits per heavy atom. The minimum absolute atomic E-state index is 0.000718. The van der Waals surface area contributed by atoms with Gasteiger partial charge in [-0.25, -0.2) is 0 Å². The van der Waals surface area contributed by atoms with Crippen LogP contribution in [0.4, 0.5) is 0 Å². The van der Waals surface area contributed by atoms with Gasteiger partial charge in [0.2, 0.25) is 17.7 Å². The van der Waals surface area contributed by atoms with E-state index >= 15 is 0 Å². The van der Waals surface area contributed by atoms with E-state index in [1.807, 2.05) is 35.8 Å². The van der Waals surface area contributed by atoms with E-state index in [0.29, 0.717) is 26.2 Å². The number of thioether (sulfide) groups is 1. The van der Waals surface area contributed by atoms with Gasteiger partial charge in [0.25, 0.3) is 0 Å². The topological polar surface area (TPSA) is 81.2 Å². The zero-order valence-corrected chi connectivity index (χ0v) is 21.7. The highest BCUT2D eigenvalue weighted by atomic mass is 32.2. The maximum Gasteiger partial charge on any atom is 0.247 e. The molecule has 8 heteroatoms. The van der Waals surface area contributed by atoms with E-state index in [1.54, 1.807) is 23.6 Å². The van der Waals surface area contributed by atoms with Gasteiger partial charge in [-0.3, -0.25) is 14.4 Å². The van der Waals surface area contributed by atoms with Crippen LogP contribution in [0.5, 0.6) is 0 Å². The van der Waals surface area contributed by atoms with Gasteiger partial charge in [0.1, 0.15) is 6.04 Å². The lowest BCUT2D eigenvalue weighted by Crippen LogP contribution is -2.56. The van der Waals surface area contributed by atoms with Crippen LogP contribution in [0.3, 0.4) is 0 Å². The van der Waals surface area contributed by atoms with E-state index in [-0.39, 0.29) is 24.3 Å². The lowest BCUT2D eigenvalue weighted by atomic mass is 9.74. The van der Waals surface area contributed by atoms with E-state index in [9.17, 15) is 19.5 Å². The Morgan fingerprint density at radius 1 is 0.971 bits per heavy atom. The monoisotopic (exact) mass is 489 g/mol. The molecule has 0 aromatic carbocycles. The van der Waals surface area contributed by atoms with Gasteiger partial charge >= 0.3 is 0 Å². The summed E-state index contributed by atoms with van der Waals surface area (Å²) in [6.45, 7) is 10.2. The highest BCUT2D eigenvalue weighted by molar-refractivity contribution is 8.02. The second kappa shape index (κ2) is 9.69. The molecule has 188 valence electrons. The largest absolute Gasteiger partial charge is 0.394 e. The second-order valence-corrected chi connectivity index (χ2v) is 12.1. The first kappa shape index (κ1) is 25.3. The summed E-state index contributed by atoms with van der Waals surface area (Å²) >= 11 is 1.61. The molecule has 2 fully saturated rings. The number of hydrogen-bond donors (Lipinski definition) is 1. The summed E-state index contributed by atoms with van der Waals surface area (Å²) in [5.41, 5.74) is 0. The van der Waals surface area contributed by atoms with Crippen LogP contribution in [0.25, 0.3) is 0 Å². The van der Waals surface area contributed by atoms with Crippen LogP contribution in [0.15, 0.2) is 24.3 Å². The van der Waals surface area contributed by atoms with Gasteiger partial charge in [-0.15, -0.1) is 11.8 Å².